The number of phosphoric acid groups is 1. The molecule has 0 aromatic carbocycles. The Morgan fingerprint density at radius 3 is 1.32 bits per heavy atom. The molecule has 0 aromatic heterocycles. The molecule has 1 N–H and O–H groups in total. The highest BCUT2D eigenvalue weighted by Gasteiger charge is 2.27. The maximum absolute atomic E-state index is 12.8. The molecule has 0 aliphatic rings. The summed E-state index contributed by atoms with van der Waals surface area (Å²) in [6.07, 6.45) is 59.5. The van der Waals surface area contributed by atoms with E-state index in [4.69, 9.17) is 18.5 Å². The van der Waals surface area contributed by atoms with E-state index in [-0.39, 0.29) is 32.0 Å². The normalized spacial score (nSPS) is 14.0. The van der Waals surface area contributed by atoms with E-state index in [9.17, 15) is 19.0 Å². The Kier molecular flexibility index (Phi) is 44.7. The third-order valence-corrected chi connectivity index (χ3v) is 12.0. The van der Waals surface area contributed by atoms with Crippen LogP contribution in [0.5, 0.6) is 0 Å². The first kappa shape index (κ1) is 62.4. The van der Waals surface area contributed by atoms with Gasteiger partial charge in [0.15, 0.2) is 6.10 Å². The Morgan fingerprint density at radius 2 is 0.877 bits per heavy atom. The van der Waals surface area contributed by atoms with Crippen molar-refractivity contribution in [1.82, 2.24) is 0 Å². The maximum atomic E-state index is 12.8. The number of quaternary nitrogens is 1. The lowest BCUT2D eigenvalue weighted by atomic mass is 10.1. The average molecular weight is 933 g/mol. The van der Waals surface area contributed by atoms with Gasteiger partial charge in [-0.1, -0.05) is 189 Å². The summed E-state index contributed by atoms with van der Waals surface area (Å²) in [5.41, 5.74) is 0. The summed E-state index contributed by atoms with van der Waals surface area (Å²) in [5.74, 6) is -0.815. The lowest BCUT2D eigenvalue weighted by molar-refractivity contribution is -0.870. The molecule has 9 nitrogen and oxygen atoms in total. The predicted molar refractivity (Wildman–Crippen MR) is 275 cm³/mol. The third kappa shape index (κ3) is 50.7. The van der Waals surface area contributed by atoms with Gasteiger partial charge >= 0.3 is 19.8 Å². The molecule has 0 radical (unpaired) electrons. The molecule has 0 fully saturated rings. The highest BCUT2D eigenvalue weighted by molar-refractivity contribution is 7.47. The van der Waals surface area contributed by atoms with Gasteiger partial charge in [0.1, 0.15) is 19.8 Å². The molecule has 0 aromatic rings. The van der Waals surface area contributed by atoms with Crippen molar-refractivity contribution in [3.63, 3.8) is 0 Å². The van der Waals surface area contributed by atoms with E-state index in [1.54, 1.807) is 0 Å². The first-order valence-electron chi connectivity index (χ1n) is 26.2. The number of phosphoric ester groups is 1. The number of nitrogens with zero attached hydrogens (tertiary/aromatic N) is 1. The molecule has 2 atom stereocenters. The van der Waals surface area contributed by atoms with Crippen molar-refractivity contribution < 1.29 is 42.1 Å². The molecule has 0 rings (SSSR count). The number of ether oxygens (including phenoxy) is 2. The van der Waals surface area contributed by atoms with Crippen molar-refractivity contribution in [1.29, 1.82) is 0 Å². The van der Waals surface area contributed by atoms with Crippen LogP contribution in [0.25, 0.3) is 0 Å². The van der Waals surface area contributed by atoms with E-state index >= 15 is 0 Å². The van der Waals surface area contributed by atoms with Gasteiger partial charge in [0, 0.05) is 12.8 Å². The Morgan fingerprint density at radius 1 is 0.492 bits per heavy atom. The highest BCUT2D eigenvalue weighted by Crippen LogP contribution is 2.43. The van der Waals surface area contributed by atoms with Crippen LogP contribution in [0.4, 0.5) is 0 Å². The Balaban J connectivity index is 4.26. The number of carbonyl (C=O) groups excluding carboxylic acids is 2. The summed E-state index contributed by atoms with van der Waals surface area (Å²) >= 11 is 0. The zero-order valence-corrected chi connectivity index (χ0v) is 43.3. The Labute approximate surface area is 399 Å². The lowest BCUT2D eigenvalue weighted by Gasteiger charge is -2.24. The molecule has 65 heavy (non-hydrogen) atoms. The second kappa shape index (κ2) is 46.6. The Hall–Kier alpha value is -2.55. The first-order valence-corrected chi connectivity index (χ1v) is 27.7. The SMILES string of the molecule is CC/C=C\C/C=C\C/C=C\C/C=C\C/C=C\CCCCCCCCCCCC(=O)OC(COC(=O)CCCCCCC/C=C\CCCCCCCCC)COP(=O)(O)OCC[N+](C)(C)C. The number of unbranched alkanes of at least 4 members (excludes halogenated alkanes) is 21. The van der Waals surface area contributed by atoms with Crippen molar-refractivity contribution in [3.05, 3.63) is 72.9 Å². The van der Waals surface area contributed by atoms with Crippen LogP contribution in [-0.4, -0.2) is 74.9 Å². The number of rotatable bonds is 47. The minimum absolute atomic E-state index is 0.0263. The van der Waals surface area contributed by atoms with Crippen molar-refractivity contribution in [3.8, 4) is 0 Å². The van der Waals surface area contributed by atoms with Crippen LogP contribution in [0, 0.1) is 0 Å². The van der Waals surface area contributed by atoms with Crippen LogP contribution in [0.2, 0.25) is 0 Å². The van der Waals surface area contributed by atoms with Gasteiger partial charge in [-0.2, -0.15) is 0 Å². The molecule has 0 saturated carbocycles. The standard InChI is InChI=1S/C55H98NO8P/c1-6-8-10-12-14-16-18-20-22-24-25-26-27-28-29-30-31-32-34-36-38-40-42-44-46-48-55(58)64-53(52-63-65(59,60)62-50-49-56(3,4)5)51-61-54(57)47-45-43-41-39-37-35-33-23-21-19-17-15-13-11-9-7-2/h8,10,14,16,20,22-23,25-26,28-29,33,53H,6-7,9,11-13,15,17-19,21,24,27,30-32,34-52H2,1-5H3/p+1/b10-8-,16-14-,22-20-,26-25-,29-28-,33-23-. The fourth-order valence-electron chi connectivity index (χ4n) is 6.92. The summed E-state index contributed by atoms with van der Waals surface area (Å²) in [6, 6.07) is 0. The fourth-order valence-corrected chi connectivity index (χ4v) is 7.66. The van der Waals surface area contributed by atoms with Gasteiger partial charge < -0.3 is 18.9 Å². The van der Waals surface area contributed by atoms with E-state index < -0.39 is 26.5 Å². The summed E-state index contributed by atoms with van der Waals surface area (Å²) in [4.78, 5) is 35.6. The molecule has 2 unspecified atom stereocenters. The van der Waals surface area contributed by atoms with E-state index in [0.717, 1.165) is 96.3 Å². The van der Waals surface area contributed by atoms with Gasteiger partial charge in [0.2, 0.25) is 0 Å². The zero-order chi connectivity index (χ0) is 47.8. The highest BCUT2D eigenvalue weighted by atomic mass is 31.2. The number of carbonyl (C=O) groups is 2. The summed E-state index contributed by atoms with van der Waals surface area (Å²) in [5, 5.41) is 0. The van der Waals surface area contributed by atoms with Crippen LogP contribution in [0.3, 0.4) is 0 Å². The molecule has 0 heterocycles. The van der Waals surface area contributed by atoms with E-state index in [1.165, 1.54) is 83.5 Å². The van der Waals surface area contributed by atoms with Gasteiger partial charge in [0.25, 0.3) is 0 Å². The third-order valence-electron chi connectivity index (χ3n) is 11.0. The van der Waals surface area contributed by atoms with Gasteiger partial charge in [0.05, 0.1) is 27.7 Å². The number of hydrogen-bond acceptors (Lipinski definition) is 7. The molecule has 0 saturated heterocycles. The number of esters is 2. The van der Waals surface area contributed by atoms with Crippen LogP contribution in [0.1, 0.15) is 213 Å². The van der Waals surface area contributed by atoms with E-state index in [1.807, 2.05) is 21.1 Å². The average Bonchev–Trinajstić information content (AvgIpc) is 3.26. The first-order chi connectivity index (χ1) is 31.5. The molecule has 376 valence electrons. The molecule has 0 spiro atoms. The number of allylic oxidation sites excluding steroid dienone is 12. The van der Waals surface area contributed by atoms with Crippen LogP contribution in [0.15, 0.2) is 72.9 Å². The van der Waals surface area contributed by atoms with Crippen LogP contribution in [-0.2, 0) is 32.7 Å². The quantitative estimate of drug-likeness (QED) is 0.0211. The maximum Gasteiger partial charge on any atom is 0.472 e. The van der Waals surface area contributed by atoms with Crippen molar-refractivity contribution in [2.45, 2.75) is 219 Å². The monoisotopic (exact) mass is 933 g/mol. The van der Waals surface area contributed by atoms with Crippen molar-refractivity contribution in [2.75, 3.05) is 47.5 Å². The Bertz CT molecular complexity index is 1330. The minimum atomic E-state index is -4.39. The van der Waals surface area contributed by atoms with E-state index in [2.05, 4.69) is 86.8 Å². The molecular formula is C55H99NO8P+. The molecule has 0 aliphatic heterocycles. The van der Waals surface area contributed by atoms with E-state index in [0.29, 0.717) is 17.4 Å². The fraction of sp³-hybridized carbons (Fsp3) is 0.745. The summed E-state index contributed by atoms with van der Waals surface area (Å²) in [6.45, 7) is 4.30. The predicted octanol–water partition coefficient (Wildman–Crippen LogP) is 15.8. The summed E-state index contributed by atoms with van der Waals surface area (Å²) < 4.78 is 34.5. The molecule has 0 bridgehead atoms. The number of likely N-dealkylation sites (N-methyl/N-ethyl adjacent to an activating group) is 1. The van der Waals surface area contributed by atoms with Crippen LogP contribution < -0.4 is 0 Å². The van der Waals surface area contributed by atoms with Gasteiger partial charge in [-0.3, -0.25) is 18.6 Å². The second-order valence-electron chi connectivity index (χ2n) is 18.5. The molecule has 10 heteroatoms. The van der Waals surface area contributed by atoms with Crippen molar-refractivity contribution >= 4 is 19.8 Å². The van der Waals surface area contributed by atoms with Crippen molar-refractivity contribution in [2.24, 2.45) is 0 Å². The minimum Gasteiger partial charge on any atom is -0.462 e. The second-order valence-corrected chi connectivity index (χ2v) is 20.0. The van der Waals surface area contributed by atoms with Crippen LogP contribution >= 0.6 is 7.82 Å². The summed E-state index contributed by atoms with van der Waals surface area (Å²) in [7, 11) is 1.46. The lowest BCUT2D eigenvalue weighted by Crippen LogP contribution is -2.37. The number of hydrogen-bond donors (Lipinski definition) is 1. The zero-order valence-electron chi connectivity index (χ0n) is 42.5. The molecular weight excluding hydrogens is 834 g/mol. The molecule has 0 aliphatic carbocycles. The smallest absolute Gasteiger partial charge is 0.462 e. The molecule has 0 amide bonds. The van der Waals surface area contributed by atoms with Gasteiger partial charge in [-0.15, -0.1) is 0 Å². The van der Waals surface area contributed by atoms with Gasteiger partial charge in [-0.25, -0.2) is 4.57 Å². The topological polar surface area (TPSA) is 108 Å². The largest absolute Gasteiger partial charge is 0.472 e. The van der Waals surface area contributed by atoms with Gasteiger partial charge in [-0.05, 0) is 83.5 Å².